The minimum Gasteiger partial charge on any atom is -0.411 e. The number of aliphatic imine (C=N–C) groups is 2. The van der Waals surface area contributed by atoms with Crippen molar-refractivity contribution in [2.75, 3.05) is 65.4 Å². The molecule has 29 nitrogen and oxygen atoms in total. The first-order valence-electron chi connectivity index (χ1n) is 30.2. The van der Waals surface area contributed by atoms with Gasteiger partial charge in [0.05, 0.1) is 57.1 Å². The third-order valence-electron chi connectivity index (χ3n) is 14.6. The minimum atomic E-state index is -0.206. The van der Waals surface area contributed by atoms with E-state index in [2.05, 4.69) is 144 Å². The summed E-state index contributed by atoms with van der Waals surface area (Å²) in [5.74, 6) is -0.206. The smallest absolute Gasteiger partial charge is 0.177 e. The molecule has 528 valence electrons. The maximum atomic E-state index is 10.1. The van der Waals surface area contributed by atoms with E-state index in [-0.39, 0.29) is 74.8 Å². The van der Waals surface area contributed by atoms with Crippen molar-refractivity contribution in [3.63, 3.8) is 0 Å². The van der Waals surface area contributed by atoms with Crippen LogP contribution < -0.4 is 43.4 Å². The van der Waals surface area contributed by atoms with Crippen LogP contribution in [0.25, 0.3) is 0 Å². The Hall–Kier alpha value is -6.08. The third kappa shape index (κ3) is 51.6. The van der Waals surface area contributed by atoms with Gasteiger partial charge in [-0.3, -0.25) is 14.8 Å². The predicted molar refractivity (Wildman–Crippen MR) is 372 cm³/mol. The molecule has 0 aromatic heterocycles. The summed E-state index contributed by atoms with van der Waals surface area (Å²) in [6, 6.07) is 0.264. The molecular formula is C61H129N19O10. The Morgan fingerprint density at radius 3 is 0.589 bits per heavy atom. The molecule has 19 N–H and O–H groups in total. The monoisotopic (exact) mass is 1290 g/mol. The Morgan fingerprint density at radius 2 is 0.478 bits per heavy atom. The van der Waals surface area contributed by atoms with E-state index in [0.29, 0.717) is 83.3 Å². The first kappa shape index (κ1) is 95.0. The second kappa shape index (κ2) is 50.6. The van der Waals surface area contributed by atoms with Gasteiger partial charge in [0.1, 0.15) is 5.71 Å². The van der Waals surface area contributed by atoms with E-state index in [1.165, 1.54) is 13.8 Å². The number of hydrogen-bond acceptors (Lipinski definition) is 29. The van der Waals surface area contributed by atoms with Crippen molar-refractivity contribution in [1.82, 2.24) is 31.9 Å². The summed E-state index contributed by atoms with van der Waals surface area (Å²) in [6.07, 6.45) is 0. The van der Waals surface area contributed by atoms with E-state index in [0.717, 1.165) is 39.3 Å². The predicted octanol–water partition coefficient (Wildman–Crippen LogP) is 8.00. The van der Waals surface area contributed by atoms with Crippen LogP contribution in [0.4, 0.5) is 0 Å². The van der Waals surface area contributed by atoms with Crippen LogP contribution in [-0.2, 0) is 4.79 Å². The molecule has 0 saturated heterocycles. The molecule has 0 bridgehead atoms. The van der Waals surface area contributed by atoms with Crippen LogP contribution in [0.3, 0.4) is 0 Å². The van der Waals surface area contributed by atoms with Crippen LogP contribution in [-0.4, -0.2) is 217 Å². The highest BCUT2D eigenvalue weighted by molar-refractivity contribution is 6.41. The number of rotatable bonds is 33. The lowest BCUT2D eigenvalue weighted by atomic mass is 9.92. The van der Waals surface area contributed by atoms with Gasteiger partial charge < -0.3 is 90.2 Å². The van der Waals surface area contributed by atoms with Crippen molar-refractivity contribution >= 4 is 68.6 Å². The van der Waals surface area contributed by atoms with Gasteiger partial charge in [-0.1, -0.05) is 116 Å². The molecule has 0 amide bonds. The van der Waals surface area contributed by atoms with Gasteiger partial charge in [-0.05, 0) is 152 Å². The largest absolute Gasteiger partial charge is 0.411 e. The molecule has 0 heterocycles. The first-order chi connectivity index (χ1) is 41.2. The molecule has 29 heteroatoms. The molecule has 0 aliphatic carbocycles. The second-order valence-corrected chi connectivity index (χ2v) is 26.7. The molecule has 0 spiro atoms. The summed E-state index contributed by atoms with van der Waals surface area (Å²) >= 11 is 0. The normalized spacial score (nSPS) is 16.2. The molecule has 0 aliphatic rings. The SMILES string of the molecule is C/C(=N\O)C(C)NCC(C)(C)CNC(C)/C(C)=N/O.C/C(=N\O)[C@@H](C)NCC(C)(C)CN[C@H](C)/C(C)=N/O.C/C(=N\O)[C@H](C)NCC(C)(C)CN[C@@H](C)/C(C)=N/O.CC(=NCC(C)(C)CN=C(C)/C(C)=N/O)/C(C)=N/O.CC(=O)/C(C)=N/O.CC(C)(CN)CN. The van der Waals surface area contributed by atoms with Gasteiger partial charge in [0, 0.05) is 101 Å². The number of hydrogen-bond donors (Lipinski definition) is 17. The molecule has 0 rings (SSSR count). The quantitative estimate of drug-likeness (QED) is 0.0168. The van der Waals surface area contributed by atoms with Gasteiger partial charge in [0.25, 0.3) is 0 Å². The van der Waals surface area contributed by atoms with Gasteiger partial charge in [0.15, 0.2) is 5.78 Å². The van der Waals surface area contributed by atoms with E-state index < -0.39 is 0 Å². The number of carbonyl (C=O) groups excluding carboxylic acids is 1. The van der Waals surface area contributed by atoms with E-state index in [1.54, 1.807) is 55.4 Å². The molecule has 0 radical (unpaired) electrons. The standard InChI is InChI=1S/3C13H28N4O2.C13H24N4O2.C5H14N2.C4H7NO2/c4*1-9(11(3)16-18)14-7-13(5,6)8-15-10(2)12(4)17-19;1-5(2,3-6)4-7;1-3(5-7)4(2)6/h3*9-10,14-15,18-19H,7-8H2,1-6H3;18-19H,7-8H2,1-6H3;3-4,6-7H2,1-2H3;7H,1-2H3/b3*16-11+,17-12+;14-9?,15-10?,16-11+,17-12+;;5-3+/t2*9-,10-;;;;/m10..../s1. The summed E-state index contributed by atoms with van der Waals surface area (Å²) in [6.45, 7) is 60.6. The lowest BCUT2D eigenvalue weighted by Gasteiger charge is -2.29. The number of oxime groups is 9. The second-order valence-electron chi connectivity index (χ2n) is 26.7. The average molecular weight is 1290 g/mol. The summed E-state index contributed by atoms with van der Waals surface area (Å²) in [4.78, 5) is 18.9. The third-order valence-corrected chi connectivity index (χ3v) is 14.6. The Bertz CT molecular complexity index is 2040. The summed E-state index contributed by atoms with van der Waals surface area (Å²) in [7, 11) is 0. The Morgan fingerprint density at radius 1 is 0.300 bits per heavy atom. The summed E-state index contributed by atoms with van der Waals surface area (Å²) < 4.78 is 0. The minimum absolute atomic E-state index is 0.0357. The van der Waals surface area contributed by atoms with Crippen LogP contribution in [0.2, 0.25) is 0 Å². The highest BCUT2D eigenvalue weighted by Gasteiger charge is 2.24. The summed E-state index contributed by atoms with van der Waals surface area (Å²) in [5, 5.41) is 125. The lowest BCUT2D eigenvalue weighted by Crippen LogP contribution is -2.46. The van der Waals surface area contributed by atoms with Crippen LogP contribution >= 0.6 is 0 Å². The van der Waals surface area contributed by atoms with E-state index in [9.17, 15) is 4.79 Å². The molecule has 2 unspecified atom stereocenters. The number of nitrogens with zero attached hydrogens (tertiary/aromatic N) is 11. The molecule has 0 aromatic carbocycles. The first-order valence-corrected chi connectivity index (χ1v) is 30.2. The Balaban J connectivity index is -0.000000243. The number of carbonyl (C=O) groups is 1. The van der Waals surface area contributed by atoms with Crippen LogP contribution in [0.15, 0.2) is 56.4 Å². The van der Waals surface area contributed by atoms with Gasteiger partial charge in [-0.25, -0.2) is 0 Å². The maximum absolute atomic E-state index is 10.1. The highest BCUT2D eigenvalue weighted by Crippen LogP contribution is 2.18. The molecular weight excluding hydrogens is 1160 g/mol. The number of Topliss-reactive ketones (excluding diaryl/α,β-unsaturated/α-hetero) is 1. The fourth-order valence-electron chi connectivity index (χ4n) is 5.41. The molecule has 0 aliphatic heterocycles. The fraction of sp³-hybridized carbons (Fsp3) is 0.803. The maximum Gasteiger partial charge on any atom is 0.177 e. The van der Waals surface area contributed by atoms with Crippen molar-refractivity contribution in [1.29, 1.82) is 0 Å². The van der Waals surface area contributed by atoms with Crippen molar-refractivity contribution in [3.8, 4) is 0 Å². The fourth-order valence-corrected chi connectivity index (χ4v) is 5.41. The van der Waals surface area contributed by atoms with Crippen LogP contribution in [0.5, 0.6) is 0 Å². The highest BCUT2D eigenvalue weighted by atomic mass is 16.5. The molecule has 90 heavy (non-hydrogen) atoms. The Kier molecular flexibility index (Phi) is 53.4. The van der Waals surface area contributed by atoms with Crippen LogP contribution in [0, 0.1) is 27.1 Å². The van der Waals surface area contributed by atoms with Crippen molar-refractivity contribution < 1.29 is 51.7 Å². The van der Waals surface area contributed by atoms with Gasteiger partial charge in [-0.15, -0.1) is 0 Å². The molecule has 6 atom stereocenters. The van der Waals surface area contributed by atoms with E-state index in [1.807, 2.05) is 69.2 Å². The van der Waals surface area contributed by atoms with Gasteiger partial charge >= 0.3 is 0 Å². The van der Waals surface area contributed by atoms with Crippen molar-refractivity contribution in [3.05, 3.63) is 0 Å². The van der Waals surface area contributed by atoms with Crippen molar-refractivity contribution in [2.24, 2.45) is 94.9 Å². The average Bonchev–Trinajstić information content (AvgIpc) is 3.71. The zero-order chi connectivity index (χ0) is 72.0. The number of nitrogens with two attached hydrogens (primary N) is 2. The number of nitrogens with one attached hydrogen (secondary N) is 6. The Labute approximate surface area is 540 Å². The number of ketones is 1. The topological polar surface area (TPSA) is 459 Å². The van der Waals surface area contributed by atoms with E-state index in [4.69, 9.17) is 58.3 Å². The van der Waals surface area contributed by atoms with Gasteiger partial charge in [0.2, 0.25) is 0 Å². The van der Waals surface area contributed by atoms with E-state index >= 15 is 0 Å². The lowest BCUT2D eigenvalue weighted by molar-refractivity contribution is -0.111. The molecule has 0 saturated carbocycles. The van der Waals surface area contributed by atoms with Gasteiger partial charge in [-0.2, -0.15) is 0 Å². The molecule has 0 fully saturated rings. The zero-order valence-corrected chi connectivity index (χ0v) is 60.5. The van der Waals surface area contributed by atoms with Crippen molar-refractivity contribution in [2.45, 2.75) is 230 Å². The van der Waals surface area contributed by atoms with Crippen LogP contribution in [0.1, 0.15) is 194 Å². The zero-order valence-electron chi connectivity index (χ0n) is 60.5. The summed E-state index contributed by atoms with van der Waals surface area (Å²) in [5.41, 5.74) is 17.4. The molecule has 0 aromatic rings.